The second-order valence-corrected chi connectivity index (χ2v) is 5.40. The van der Waals surface area contributed by atoms with Crippen molar-refractivity contribution in [3.8, 4) is 0 Å². The number of hydrogen-bond donors (Lipinski definition) is 2. The van der Waals surface area contributed by atoms with Gasteiger partial charge in [-0.25, -0.2) is 4.99 Å². The third kappa shape index (κ3) is 10.8. The van der Waals surface area contributed by atoms with Gasteiger partial charge in [-0.1, -0.05) is 44.2 Å². The minimum atomic E-state index is 0. The molecule has 0 aromatic heterocycles. The van der Waals surface area contributed by atoms with E-state index in [0.717, 1.165) is 32.1 Å². The summed E-state index contributed by atoms with van der Waals surface area (Å²) in [7, 11) is 0. The summed E-state index contributed by atoms with van der Waals surface area (Å²) in [6, 6.07) is 10.3. The van der Waals surface area contributed by atoms with Crippen LogP contribution in [0.15, 0.2) is 35.3 Å². The molecule has 0 aliphatic rings. The number of guanidine groups is 1. The van der Waals surface area contributed by atoms with Crippen LogP contribution in [-0.4, -0.2) is 32.3 Å². The summed E-state index contributed by atoms with van der Waals surface area (Å²) in [5, 5.41) is 6.54. The van der Waals surface area contributed by atoms with E-state index in [4.69, 9.17) is 4.74 Å². The molecule has 2 N–H and O–H groups in total. The number of halogens is 1. The lowest BCUT2D eigenvalue weighted by molar-refractivity contribution is 0.128. The molecular formula is C17H30IN3O. The molecule has 0 saturated carbocycles. The maximum absolute atomic E-state index is 5.59. The molecule has 0 aliphatic heterocycles. The second-order valence-electron chi connectivity index (χ2n) is 5.40. The summed E-state index contributed by atoms with van der Waals surface area (Å²) >= 11 is 0. The highest BCUT2D eigenvalue weighted by Crippen LogP contribution is 2.00. The summed E-state index contributed by atoms with van der Waals surface area (Å²) < 4.78 is 5.59. The molecule has 4 nitrogen and oxygen atoms in total. The molecule has 5 heteroatoms. The fraction of sp³-hybridized carbons (Fsp3) is 0.588. The van der Waals surface area contributed by atoms with Crippen molar-refractivity contribution >= 4 is 29.9 Å². The summed E-state index contributed by atoms with van der Waals surface area (Å²) in [5.41, 5.74) is 1.21. The van der Waals surface area contributed by atoms with Gasteiger partial charge in [-0.3, -0.25) is 0 Å². The van der Waals surface area contributed by atoms with Gasteiger partial charge in [0.25, 0.3) is 0 Å². The van der Waals surface area contributed by atoms with Gasteiger partial charge in [0.05, 0.1) is 13.2 Å². The first-order valence-electron chi connectivity index (χ1n) is 7.86. The standard InChI is InChI=1S/C17H29N3O.HI/c1-4-18-17(19-11-13-21-12-10-15(2)3)20-14-16-8-6-5-7-9-16;/h5-9,15H,4,10-14H2,1-3H3,(H2,18,19,20);1H. The van der Waals surface area contributed by atoms with Gasteiger partial charge in [0.15, 0.2) is 5.96 Å². The van der Waals surface area contributed by atoms with Gasteiger partial charge in [0, 0.05) is 19.7 Å². The molecule has 0 fully saturated rings. The average molecular weight is 419 g/mol. The number of ether oxygens (including phenoxy) is 1. The summed E-state index contributed by atoms with van der Waals surface area (Å²) in [4.78, 5) is 4.57. The molecule has 0 radical (unpaired) electrons. The van der Waals surface area contributed by atoms with Crippen LogP contribution in [0.4, 0.5) is 0 Å². The molecule has 22 heavy (non-hydrogen) atoms. The van der Waals surface area contributed by atoms with Crippen molar-refractivity contribution in [1.29, 1.82) is 0 Å². The molecule has 0 bridgehead atoms. The van der Waals surface area contributed by atoms with Gasteiger partial charge < -0.3 is 15.4 Å². The van der Waals surface area contributed by atoms with E-state index in [0.29, 0.717) is 19.1 Å². The van der Waals surface area contributed by atoms with Crippen LogP contribution in [0.25, 0.3) is 0 Å². The highest BCUT2D eigenvalue weighted by atomic mass is 127. The van der Waals surface area contributed by atoms with E-state index in [2.05, 4.69) is 48.5 Å². The maximum atomic E-state index is 5.59. The number of hydrogen-bond acceptors (Lipinski definition) is 2. The zero-order valence-corrected chi connectivity index (χ0v) is 16.3. The molecule has 1 aromatic rings. The average Bonchev–Trinajstić information content (AvgIpc) is 2.49. The Labute approximate surface area is 152 Å². The summed E-state index contributed by atoms with van der Waals surface area (Å²) in [5.74, 6) is 1.54. The first-order chi connectivity index (χ1) is 10.2. The Kier molecular flexibility index (Phi) is 13.3. The first-order valence-corrected chi connectivity index (χ1v) is 7.86. The SMILES string of the molecule is CCNC(=NCc1ccccc1)NCCOCCC(C)C.I. The van der Waals surface area contributed by atoms with Crippen LogP contribution in [0.2, 0.25) is 0 Å². The van der Waals surface area contributed by atoms with Crippen LogP contribution in [-0.2, 0) is 11.3 Å². The van der Waals surface area contributed by atoms with Gasteiger partial charge in [0.2, 0.25) is 0 Å². The predicted octanol–water partition coefficient (Wildman–Crippen LogP) is 3.42. The molecule has 0 spiro atoms. The zero-order valence-electron chi connectivity index (χ0n) is 14.0. The van der Waals surface area contributed by atoms with E-state index < -0.39 is 0 Å². The third-order valence-electron chi connectivity index (χ3n) is 2.99. The van der Waals surface area contributed by atoms with Crippen LogP contribution in [0.1, 0.15) is 32.8 Å². The number of nitrogens with one attached hydrogen (secondary N) is 2. The minimum absolute atomic E-state index is 0. The number of nitrogens with zero attached hydrogens (tertiary/aromatic N) is 1. The lowest BCUT2D eigenvalue weighted by Crippen LogP contribution is -2.39. The first kappa shape index (κ1) is 21.2. The number of benzene rings is 1. The van der Waals surface area contributed by atoms with E-state index in [-0.39, 0.29) is 24.0 Å². The van der Waals surface area contributed by atoms with E-state index in [1.807, 2.05) is 18.2 Å². The normalized spacial score (nSPS) is 11.2. The van der Waals surface area contributed by atoms with Gasteiger partial charge in [-0.05, 0) is 24.8 Å². The van der Waals surface area contributed by atoms with Crippen molar-refractivity contribution in [1.82, 2.24) is 10.6 Å². The van der Waals surface area contributed by atoms with E-state index in [1.54, 1.807) is 0 Å². The van der Waals surface area contributed by atoms with E-state index in [9.17, 15) is 0 Å². The highest BCUT2D eigenvalue weighted by molar-refractivity contribution is 14.0. The van der Waals surface area contributed by atoms with Crippen LogP contribution >= 0.6 is 24.0 Å². The molecule has 0 heterocycles. The van der Waals surface area contributed by atoms with Gasteiger partial charge in [-0.2, -0.15) is 0 Å². The molecule has 1 rings (SSSR count). The lowest BCUT2D eigenvalue weighted by atomic mass is 10.1. The minimum Gasteiger partial charge on any atom is -0.380 e. The predicted molar refractivity (Wildman–Crippen MR) is 105 cm³/mol. The summed E-state index contributed by atoms with van der Waals surface area (Å²) in [6.45, 7) is 10.3. The van der Waals surface area contributed by atoms with Crippen molar-refractivity contribution in [2.45, 2.75) is 33.7 Å². The molecule has 0 amide bonds. The molecule has 1 aromatic carbocycles. The van der Waals surface area contributed by atoms with Crippen LogP contribution in [0.3, 0.4) is 0 Å². The van der Waals surface area contributed by atoms with Gasteiger partial charge in [-0.15, -0.1) is 24.0 Å². The van der Waals surface area contributed by atoms with Gasteiger partial charge >= 0.3 is 0 Å². The second kappa shape index (κ2) is 13.8. The molecule has 126 valence electrons. The smallest absolute Gasteiger partial charge is 0.191 e. The third-order valence-corrected chi connectivity index (χ3v) is 2.99. The van der Waals surface area contributed by atoms with E-state index >= 15 is 0 Å². The summed E-state index contributed by atoms with van der Waals surface area (Å²) in [6.07, 6.45) is 1.11. The molecule has 0 unspecified atom stereocenters. The Morgan fingerprint density at radius 3 is 2.50 bits per heavy atom. The van der Waals surface area contributed by atoms with Crippen molar-refractivity contribution in [2.24, 2.45) is 10.9 Å². The van der Waals surface area contributed by atoms with Crippen molar-refractivity contribution < 1.29 is 4.74 Å². The Hall–Kier alpha value is -0.820. The van der Waals surface area contributed by atoms with Crippen LogP contribution in [0.5, 0.6) is 0 Å². The maximum Gasteiger partial charge on any atom is 0.191 e. The fourth-order valence-electron chi connectivity index (χ4n) is 1.76. The molecule has 0 aliphatic carbocycles. The van der Waals surface area contributed by atoms with Gasteiger partial charge in [0.1, 0.15) is 0 Å². The molecule has 0 atom stereocenters. The Morgan fingerprint density at radius 2 is 1.86 bits per heavy atom. The number of rotatable bonds is 9. The molecule has 0 saturated heterocycles. The zero-order chi connectivity index (χ0) is 15.3. The van der Waals surface area contributed by atoms with Crippen molar-refractivity contribution in [3.05, 3.63) is 35.9 Å². The largest absolute Gasteiger partial charge is 0.380 e. The fourth-order valence-corrected chi connectivity index (χ4v) is 1.76. The van der Waals surface area contributed by atoms with Crippen LogP contribution < -0.4 is 10.6 Å². The van der Waals surface area contributed by atoms with Crippen molar-refractivity contribution in [2.75, 3.05) is 26.3 Å². The lowest BCUT2D eigenvalue weighted by Gasteiger charge is -2.12. The topological polar surface area (TPSA) is 45.7 Å². The highest BCUT2D eigenvalue weighted by Gasteiger charge is 1.98. The Balaban J connectivity index is 0.00000441. The van der Waals surface area contributed by atoms with Crippen LogP contribution in [0, 0.1) is 5.92 Å². The molecular weight excluding hydrogens is 389 g/mol. The van der Waals surface area contributed by atoms with E-state index in [1.165, 1.54) is 5.56 Å². The quantitative estimate of drug-likeness (QED) is 0.279. The Morgan fingerprint density at radius 1 is 1.14 bits per heavy atom. The monoisotopic (exact) mass is 419 g/mol. The number of aliphatic imine (C=N–C) groups is 1. The van der Waals surface area contributed by atoms with Crippen molar-refractivity contribution in [3.63, 3.8) is 0 Å². The Bertz CT molecular complexity index is 396.